The molecular weight excluding hydrogens is 629 g/mol. The molecule has 254 valence electrons. The minimum Gasteiger partial charge on any atom is -0.423 e. The number of hydrogen-bond donors (Lipinski definition) is 0. The Balaban J connectivity index is 1.22. The molecule has 6 aromatic rings. The van der Waals surface area contributed by atoms with Crippen LogP contribution in [0.2, 0.25) is 0 Å². The third kappa shape index (κ3) is 6.27. The van der Waals surface area contributed by atoms with Crippen molar-refractivity contribution >= 4 is 11.9 Å². The molecule has 0 aliphatic heterocycles. The van der Waals surface area contributed by atoms with Gasteiger partial charge in [0.25, 0.3) is 0 Å². The normalized spacial score (nSPS) is 13.2. The molecule has 0 bridgehead atoms. The minimum atomic E-state index is -0.663. The van der Waals surface area contributed by atoms with Crippen LogP contribution < -0.4 is 9.47 Å². The average Bonchev–Trinajstić information content (AvgIpc) is 3.43. The van der Waals surface area contributed by atoms with Crippen LogP contribution in [0, 0.1) is 0 Å². The first kappa shape index (κ1) is 33.7. The van der Waals surface area contributed by atoms with Crippen LogP contribution in [0.4, 0.5) is 0 Å². The zero-order chi connectivity index (χ0) is 36.0. The lowest BCUT2D eigenvalue weighted by Crippen LogP contribution is -2.28. The van der Waals surface area contributed by atoms with Gasteiger partial charge in [-0.3, -0.25) is 0 Å². The van der Waals surface area contributed by atoms with Crippen LogP contribution in [0.25, 0.3) is 11.1 Å². The van der Waals surface area contributed by atoms with E-state index >= 15 is 0 Å². The standard InChI is InChI=1S/C47H42O4/c1-45(2,3)33-19-15-31(16-20-33)43(48)50-37-27-23-35(24-28-37)47(41-13-9-7-11-39(41)40-12-8-10-14-42(40)47)36-25-29-38(30-26-36)51-44(49)32-17-21-34(22-18-32)46(4,5)6/h7-30H,1-6H3. The van der Waals surface area contributed by atoms with Crippen molar-refractivity contribution in [2.75, 3.05) is 0 Å². The third-order valence-electron chi connectivity index (χ3n) is 9.92. The predicted molar refractivity (Wildman–Crippen MR) is 204 cm³/mol. The highest BCUT2D eigenvalue weighted by molar-refractivity contribution is 5.92. The Bertz CT molecular complexity index is 2050. The van der Waals surface area contributed by atoms with Crippen LogP contribution in [0.15, 0.2) is 146 Å². The zero-order valence-electron chi connectivity index (χ0n) is 30.0. The van der Waals surface area contributed by atoms with Crippen LogP contribution in [-0.2, 0) is 16.2 Å². The second kappa shape index (κ2) is 12.9. The maximum atomic E-state index is 13.1. The summed E-state index contributed by atoms with van der Waals surface area (Å²) in [6.45, 7) is 12.9. The molecule has 1 aliphatic carbocycles. The molecule has 4 nitrogen and oxygen atoms in total. The maximum Gasteiger partial charge on any atom is 0.343 e. The van der Waals surface area contributed by atoms with Gasteiger partial charge >= 0.3 is 11.9 Å². The molecule has 6 aromatic carbocycles. The topological polar surface area (TPSA) is 52.6 Å². The first-order chi connectivity index (χ1) is 24.4. The number of ether oxygens (including phenoxy) is 2. The molecule has 0 N–H and O–H groups in total. The Kier molecular flexibility index (Phi) is 8.51. The minimum absolute atomic E-state index is 0.00458. The van der Waals surface area contributed by atoms with Crippen LogP contribution >= 0.6 is 0 Å². The van der Waals surface area contributed by atoms with E-state index in [1.54, 1.807) is 0 Å². The summed E-state index contributed by atoms with van der Waals surface area (Å²) in [6, 6.07) is 47.8. The molecule has 0 radical (unpaired) electrons. The maximum absolute atomic E-state index is 13.1. The molecule has 51 heavy (non-hydrogen) atoms. The second-order valence-electron chi connectivity index (χ2n) is 15.3. The van der Waals surface area contributed by atoms with Gasteiger partial charge in [0.2, 0.25) is 0 Å². The van der Waals surface area contributed by atoms with Gasteiger partial charge < -0.3 is 9.47 Å². The van der Waals surface area contributed by atoms with E-state index in [0.29, 0.717) is 22.6 Å². The van der Waals surface area contributed by atoms with Crippen molar-refractivity contribution in [3.8, 4) is 22.6 Å². The number of benzene rings is 6. The molecule has 1 aliphatic rings. The Morgan fingerprint density at radius 3 is 1.10 bits per heavy atom. The molecule has 0 aromatic heterocycles. The fraction of sp³-hybridized carbons (Fsp3) is 0.191. The van der Waals surface area contributed by atoms with Crippen LogP contribution in [0.5, 0.6) is 11.5 Å². The van der Waals surface area contributed by atoms with Crippen molar-refractivity contribution in [3.05, 3.63) is 190 Å². The fourth-order valence-electron chi connectivity index (χ4n) is 7.11. The van der Waals surface area contributed by atoms with E-state index in [2.05, 4.69) is 90.1 Å². The lowest BCUT2D eigenvalue weighted by Gasteiger charge is -2.34. The molecule has 0 atom stereocenters. The van der Waals surface area contributed by atoms with Crippen molar-refractivity contribution in [1.82, 2.24) is 0 Å². The van der Waals surface area contributed by atoms with E-state index in [4.69, 9.17) is 9.47 Å². The molecule has 0 spiro atoms. The Labute approximate surface area is 300 Å². The van der Waals surface area contributed by atoms with Gasteiger partial charge in [0.05, 0.1) is 16.5 Å². The summed E-state index contributed by atoms with van der Waals surface area (Å²) in [5.41, 5.74) is 9.33. The molecule has 4 heteroatoms. The van der Waals surface area contributed by atoms with Gasteiger partial charge in [0, 0.05) is 0 Å². The molecule has 0 amide bonds. The summed E-state index contributed by atoms with van der Waals surface area (Å²) >= 11 is 0. The molecule has 7 rings (SSSR count). The van der Waals surface area contributed by atoms with Gasteiger partial charge in [-0.25, -0.2) is 9.59 Å². The van der Waals surface area contributed by atoms with E-state index < -0.39 is 17.4 Å². The SMILES string of the molecule is CC(C)(C)c1ccc(C(=O)Oc2ccc(C3(c4ccc(OC(=O)c5ccc(C(C)(C)C)cc5)cc4)c4ccccc4-c4ccccc43)cc2)cc1. The van der Waals surface area contributed by atoms with Crippen LogP contribution in [0.3, 0.4) is 0 Å². The quantitative estimate of drug-likeness (QED) is 0.131. The molecule has 0 heterocycles. The van der Waals surface area contributed by atoms with Gasteiger partial charge in [-0.1, -0.05) is 139 Å². The van der Waals surface area contributed by atoms with Gasteiger partial charge in [-0.05, 0) is 104 Å². The Morgan fingerprint density at radius 2 is 0.765 bits per heavy atom. The summed E-state index contributed by atoms with van der Waals surface area (Å²) in [5, 5.41) is 0. The summed E-state index contributed by atoms with van der Waals surface area (Å²) in [5.74, 6) is 0.141. The Morgan fingerprint density at radius 1 is 0.431 bits per heavy atom. The average molecular weight is 671 g/mol. The fourth-order valence-corrected chi connectivity index (χ4v) is 7.11. The number of fused-ring (bicyclic) bond motifs is 3. The van der Waals surface area contributed by atoms with Gasteiger partial charge in [0.1, 0.15) is 11.5 Å². The molecular formula is C47H42O4. The molecule has 0 unspecified atom stereocenters. The van der Waals surface area contributed by atoms with E-state index in [1.807, 2.05) is 97.1 Å². The van der Waals surface area contributed by atoms with Crippen molar-refractivity contribution in [3.63, 3.8) is 0 Å². The summed E-state index contributed by atoms with van der Waals surface area (Å²) < 4.78 is 11.7. The van der Waals surface area contributed by atoms with E-state index in [1.165, 1.54) is 0 Å². The number of carbonyl (C=O) groups is 2. The van der Waals surface area contributed by atoms with E-state index in [-0.39, 0.29) is 10.8 Å². The summed E-state index contributed by atoms with van der Waals surface area (Å²) in [7, 11) is 0. The van der Waals surface area contributed by atoms with Crippen molar-refractivity contribution in [1.29, 1.82) is 0 Å². The Hall–Kier alpha value is -5.74. The van der Waals surface area contributed by atoms with Crippen molar-refractivity contribution in [2.24, 2.45) is 0 Å². The van der Waals surface area contributed by atoms with Gasteiger partial charge in [-0.15, -0.1) is 0 Å². The lowest BCUT2D eigenvalue weighted by atomic mass is 9.68. The number of esters is 2. The van der Waals surface area contributed by atoms with Crippen LogP contribution in [0.1, 0.15) is 95.6 Å². The molecule has 0 saturated carbocycles. The molecule has 0 fully saturated rings. The van der Waals surface area contributed by atoms with Crippen molar-refractivity contribution in [2.45, 2.75) is 57.8 Å². The lowest BCUT2D eigenvalue weighted by molar-refractivity contribution is 0.0725. The number of carbonyl (C=O) groups excluding carboxylic acids is 2. The highest BCUT2D eigenvalue weighted by atomic mass is 16.5. The monoisotopic (exact) mass is 670 g/mol. The first-order valence-corrected chi connectivity index (χ1v) is 17.4. The first-order valence-electron chi connectivity index (χ1n) is 17.4. The largest absolute Gasteiger partial charge is 0.423 e. The second-order valence-corrected chi connectivity index (χ2v) is 15.3. The van der Waals surface area contributed by atoms with Gasteiger partial charge in [-0.2, -0.15) is 0 Å². The third-order valence-corrected chi connectivity index (χ3v) is 9.92. The smallest absolute Gasteiger partial charge is 0.343 e. The van der Waals surface area contributed by atoms with E-state index in [9.17, 15) is 9.59 Å². The zero-order valence-corrected chi connectivity index (χ0v) is 30.0. The van der Waals surface area contributed by atoms with Crippen molar-refractivity contribution < 1.29 is 19.1 Å². The van der Waals surface area contributed by atoms with Crippen LogP contribution in [-0.4, -0.2) is 11.9 Å². The highest BCUT2D eigenvalue weighted by Crippen LogP contribution is 2.56. The number of hydrogen-bond acceptors (Lipinski definition) is 4. The predicted octanol–water partition coefficient (Wildman–Crippen LogP) is 11.1. The summed E-state index contributed by atoms with van der Waals surface area (Å²) in [6.07, 6.45) is 0. The number of rotatable bonds is 6. The summed E-state index contributed by atoms with van der Waals surface area (Å²) in [4.78, 5) is 26.2. The van der Waals surface area contributed by atoms with E-state index in [0.717, 1.165) is 44.5 Å². The highest BCUT2D eigenvalue weighted by Gasteiger charge is 2.46. The molecule has 0 saturated heterocycles. The van der Waals surface area contributed by atoms with Gasteiger partial charge in [0.15, 0.2) is 0 Å².